The van der Waals surface area contributed by atoms with Crippen LogP contribution in [0.3, 0.4) is 0 Å². The first-order valence-electron chi connectivity index (χ1n) is 19.7. The molecule has 0 saturated carbocycles. The Kier molecular flexibility index (Phi) is 32.0. The van der Waals surface area contributed by atoms with Gasteiger partial charge in [0.15, 0.2) is 6.10 Å². The topological polar surface area (TPSA) is 108 Å². The van der Waals surface area contributed by atoms with E-state index >= 15 is 0 Å². The lowest BCUT2D eigenvalue weighted by Gasteiger charge is -2.25. The SMILES string of the molecule is CC/C=C\C/C=C\C/C=C\CCCCCC(=O)OC(COC(=O)CCCCCCCCCCCCCC)COC(OCC[N+](C)(C)C)C(=O)O. The molecule has 2 atom stereocenters. The van der Waals surface area contributed by atoms with Crippen LogP contribution in [-0.4, -0.2) is 87.4 Å². The van der Waals surface area contributed by atoms with E-state index in [2.05, 4.69) is 50.3 Å². The normalized spacial score (nSPS) is 13.4. The molecule has 290 valence electrons. The summed E-state index contributed by atoms with van der Waals surface area (Å²) in [6, 6.07) is 0. The molecule has 0 rings (SSSR count). The van der Waals surface area contributed by atoms with Crippen LogP contribution in [0.5, 0.6) is 0 Å². The number of quaternary nitrogens is 1. The maximum Gasteiger partial charge on any atom is 0.361 e. The Hall–Kier alpha value is -2.49. The molecule has 0 saturated heterocycles. The minimum absolute atomic E-state index is 0.182. The highest BCUT2D eigenvalue weighted by atomic mass is 16.7. The van der Waals surface area contributed by atoms with E-state index in [0.29, 0.717) is 23.9 Å². The van der Waals surface area contributed by atoms with Crippen molar-refractivity contribution < 1.29 is 42.9 Å². The van der Waals surface area contributed by atoms with Gasteiger partial charge in [0.25, 0.3) is 6.29 Å². The summed E-state index contributed by atoms with van der Waals surface area (Å²) in [5, 5.41) is 9.58. The first-order valence-corrected chi connectivity index (χ1v) is 19.7. The third kappa shape index (κ3) is 34.0. The Labute approximate surface area is 305 Å². The van der Waals surface area contributed by atoms with Crippen molar-refractivity contribution in [3.63, 3.8) is 0 Å². The van der Waals surface area contributed by atoms with Gasteiger partial charge >= 0.3 is 17.9 Å². The molecule has 0 aromatic carbocycles. The number of rotatable bonds is 35. The summed E-state index contributed by atoms with van der Waals surface area (Å²) < 4.78 is 22.6. The molecule has 0 aromatic rings. The van der Waals surface area contributed by atoms with E-state index in [4.69, 9.17) is 18.9 Å². The second-order valence-electron chi connectivity index (χ2n) is 14.2. The summed E-state index contributed by atoms with van der Waals surface area (Å²) in [5.74, 6) is -2.05. The van der Waals surface area contributed by atoms with Crippen LogP contribution in [0.15, 0.2) is 36.5 Å². The molecule has 0 heterocycles. The number of carboxylic acid groups (broad SMARTS) is 1. The van der Waals surface area contributed by atoms with Crippen LogP contribution >= 0.6 is 0 Å². The van der Waals surface area contributed by atoms with Gasteiger partial charge in [-0.2, -0.15) is 0 Å². The van der Waals surface area contributed by atoms with Crippen LogP contribution in [0.4, 0.5) is 0 Å². The highest BCUT2D eigenvalue weighted by Crippen LogP contribution is 2.13. The zero-order valence-electron chi connectivity index (χ0n) is 32.5. The molecular formula is C41H74NO8+. The van der Waals surface area contributed by atoms with Crippen molar-refractivity contribution in [3.05, 3.63) is 36.5 Å². The Morgan fingerprint density at radius 3 is 1.70 bits per heavy atom. The van der Waals surface area contributed by atoms with Gasteiger partial charge in [-0.25, -0.2) is 4.79 Å². The van der Waals surface area contributed by atoms with E-state index in [0.717, 1.165) is 57.8 Å². The van der Waals surface area contributed by atoms with Gasteiger partial charge in [0.1, 0.15) is 13.2 Å². The number of hydrogen-bond donors (Lipinski definition) is 1. The number of ether oxygens (including phenoxy) is 4. The molecule has 50 heavy (non-hydrogen) atoms. The molecule has 0 bridgehead atoms. The largest absolute Gasteiger partial charge is 0.477 e. The molecule has 0 spiro atoms. The van der Waals surface area contributed by atoms with Crippen LogP contribution in [0.1, 0.15) is 149 Å². The second-order valence-corrected chi connectivity index (χ2v) is 14.2. The number of carboxylic acids is 1. The molecule has 2 unspecified atom stereocenters. The van der Waals surface area contributed by atoms with Gasteiger partial charge in [-0.15, -0.1) is 0 Å². The van der Waals surface area contributed by atoms with E-state index in [1.807, 2.05) is 21.1 Å². The quantitative estimate of drug-likeness (QED) is 0.0228. The summed E-state index contributed by atoms with van der Waals surface area (Å²) in [6.45, 7) is 4.69. The van der Waals surface area contributed by atoms with E-state index in [1.54, 1.807) is 0 Å². The Balaban J connectivity index is 4.58. The number of unbranched alkanes of at least 4 members (excludes halogenated alkanes) is 14. The van der Waals surface area contributed by atoms with Crippen molar-refractivity contribution >= 4 is 17.9 Å². The zero-order chi connectivity index (χ0) is 37.1. The number of aliphatic carboxylic acids is 1. The van der Waals surface area contributed by atoms with Crippen LogP contribution in [-0.2, 0) is 33.3 Å². The fourth-order valence-electron chi connectivity index (χ4n) is 5.08. The average molecular weight is 709 g/mol. The lowest BCUT2D eigenvalue weighted by molar-refractivity contribution is -0.870. The third-order valence-electron chi connectivity index (χ3n) is 8.16. The number of carbonyl (C=O) groups is 3. The smallest absolute Gasteiger partial charge is 0.361 e. The molecule has 0 aliphatic heterocycles. The minimum atomic E-state index is -1.51. The fourth-order valence-corrected chi connectivity index (χ4v) is 5.08. The highest BCUT2D eigenvalue weighted by molar-refractivity contribution is 5.71. The summed E-state index contributed by atoms with van der Waals surface area (Å²) in [5.41, 5.74) is 0. The molecule has 0 aliphatic rings. The van der Waals surface area contributed by atoms with Crippen molar-refractivity contribution in [2.45, 2.75) is 161 Å². The lowest BCUT2D eigenvalue weighted by atomic mass is 10.0. The molecule has 0 aliphatic carbocycles. The molecule has 9 heteroatoms. The van der Waals surface area contributed by atoms with Gasteiger partial charge in [-0.1, -0.05) is 127 Å². The maximum absolute atomic E-state index is 12.7. The van der Waals surface area contributed by atoms with Gasteiger partial charge in [0.2, 0.25) is 0 Å². The Morgan fingerprint density at radius 1 is 0.620 bits per heavy atom. The summed E-state index contributed by atoms with van der Waals surface area (Å²) in [7, 11) is 5.93. The van der Waals surface area contributed by atoms with Crippen molar-refractivity contribution in [2.24, 2.45) is 0 Å². The molecule has 9 nitrogen and oxygen atoms in total. The van der Waals surface area contributed by atoms with E-state index in [-0.39, 0.29) is 32.2 Å². The van der Waals surface area contributed by atoms with Crippen molar-refractivity contribution in [1.29, 1.82) is 0 Å². The first-order chi connectivity index (χ1) is 24.1. The van der Waals surface area contributed by atoms with E-state index in [1.165, 1.54) is 57.8 Å². The number of allylic oxidation sites excluding steroid dienone is 6. The highest BCUT2D eigenvalue weighted by Gasteiger charge is 2.25. The number of likely N-dealkylation sites (N-methyl/N-ethyl adjacent to an activating group) is 1. The second kappa shape index (κ2) is 33.6. The predicted molar refractivity (Wildman–Crippen MR) is 203 cm³/mol. The molecule has 0 fully saturated rings. The van der Waals surface area contributed by atoms with Crippen molar-refractivity contribution in [3.8, 4) is 0 Å². The van der Waals surface area contributed by atoms with Crippen LogP contribution < -0.4 is 0 Å². The van der Waals surface area contributed by atoms with Crippen molar-refractivity contribution in [1.82, 2.24) is 0 Å². The molecular weight excluding hydrogens is 634 g/mol. The zero-order valence-corrected chi connectivity index (χ0v) is 32.5. The monoisotopic (exact) mass is 709 g/mol. The van der Waals surface area contributed by atoms with Crippen LogP contribution in [0, 0.1) is 0 Å². The summed E-state index contributed by atoms with van der Waals surface area (Å²) in [6.07, 6.45) is 32.1. The van der Waals surface area contributed by atoms with E-state index in [9.17, 15) is 19.5 Å². The first kappa shape index (κ1) is 47.5. The number of esters is 2. The van der Waals surface area contributed by atoms with Gasteiger partial charge in [-0.05, 0) is 44.9 Å². The maximum atomic E-state index is 12.7. The average Bonchev–Trinajstić information content (AvgIpc) is 3.06. The molecule has 0 amide bonds. The number of carbonyl (C=O) groups excluding carboxylic acids is 2. The van der Waals surface area contributed by atoms with Gasteiger partial charge in [0.05, 0.1) is 34.4 Å². The van der Waals surface area contributed by atoms with Crippen LogP contribution in [0.2, 0.25) is 0 Å². The molecule has 1 N–H and O–H groups in total. The Bertz CT molecular complexity index is 924. The fraction of sp³-hybridized carbons (Fsp3) is 0.780. The summed E-state index contributed by atoms with van der Waals surface area (Å²) >= 11 is 0. The van der Waals surface area contributed by atoms with Crippen LogP contribution in [0.25, 0.3) is 0 Å². The number of hydrogen-bond acceptors (Lipinski definition) is 7. The van der Waals surface area contributed by atoms with Gasteiger partial charge in [0, 0.05) is 12.8 Å². The summed E-state index contributed by atoms with van der Waals surface area (Å²) in [4.78, 5) is 36.9. The standard InChI is InChI=1S/C41H73NO8/c1-6-8-10-12-14-16-18-20-22-24-26-28-30-32-39(44)50-37(36-49-41(40(45)46)47-34-33-42(3,4)5)35-48-38(43)31-29-27-25-23-21-19-17-15-13-11-9-7-2/h8,10,14,16,20,22,37,41H,6-7,9,11-13,15,17-19,21,23-36H2,1-5H3/p+1/b10-8-,16-14-,22-20-. The third-order valence-corrected chi connectivity index (χ3v) is 8.16. The molecule has 0 radical (unpaired) electrons. The minimum Gasteiger partial charge on any atom is -0.477 e. The Morgan fingerprint density at radius 2 is 1.14 bits per heavy atom. The van der Waals surface area contributed by atoms with Gasteiger partial charge < -0.3 is 28.5 Å². The molecule has 0 aromatic heterocycles. The number of nitrogens with zero attached hydrogens (tertiary/aromatic N) is 1. The lowest BCUT2D eigenvalue weighted by Crippen LogP contribution is -2.40. The van der Waals surface area contributed by atoms with E-state index < -0.39 is 24.3 Å². The predicted octanol–water partition coefficient (Wildman–Crippen LogP) is 9.49. The van der Waals surface area contributed by atoms with Crippen molar-refractivity contribution in [2.75, 3.05) is 47.5 Å². The van der Waals surface area contributed by atoms with Gasteiger partial charge in [-0.3, -0.25) is 9.59 Å².